The smallest absolute Gasteiger partial charge is 0.203 e. The third-order valence-electron chi connectivity index (χ3n) is 2.89. The summed E-state index contributed by atoms with van der Waals surface area (Å²) >= 11 is 5.70. The van der Waals surface area contributed by atoms with Crippen molar-refractivity contribution in [3.8, 4) is 5.75 Å². The summed E-state index contributed by atoms with van der Waals surface area (Å²) in [5.74, 6) is -0.234. The lowest BCUT2D eigenvalue weighted by Gasteiger charge is -2.16. The molecule has 0 radical (unpaired) electrons. The van der Waals surface area contributed by atoms with Gasteiger partial charge in [-0.1, -0.05) is 48.9 Å². The fourth-order valence-corrected chi connectivity index (χ4v) is 2.00. The van der Waals surface area contributed by atoms with E-state index >= 15 is 0 Å². The Hall–Kier alpha value is -1.87. The van der Waals surface area contributed by atoms with Crippen molar-refractivity contribution in [1.29, 1.82) is 0 Å². The monoisotopic (exact) mass is 292 g/mol. The Morgan fingerprint density at radius 1 is 1.25 bits per heavy atom. The van der Waals surface area contributed by atoms with E-state index in [-0.39, 0.29) is 10.8 Å². The van der Waals surface area contributed by atoms with Crippen LogP contribution in [0.5, 0.6) is 5.75 Å². The summed E-state index contributed by atoms with van der Waals surface area (Å²) < 4.78 is 18.7. The van der Waals surface area contributed by atoms with E-state index in [4.69, 9.17) is 16.3 Å². The number of hydrogen-bond donors (Lipinski definition) is 0. The van der Waals surface area contributed by atoms with Crippen molar-refractivity contribution in [3.05, 3.63) is 64.9 Å². The van der Waals surface area contributed by atoms with Crippen molar-refractivity contribution in [3.63, 3.8) is 0 Å². The molecule has 0 aliphatic rings. The molecule has 1 unspecified atom stereocenters. The maximum atomic E-state index is 13.1. The first-order valence-corrected chi connectivity index (χ1v) is 6.70. The highest BCUT2D eigenvalue weighted by Gasteiger charge is 2.20. The van der Waals surface area contributed by atoms with Crippen LogP contribution in [0.4, 0.5) is 4.39 Å². The summed E-state index contributed by atoms with van der Waals surface area (Å²) in [6.07, 6.45) is -0.0955. The minimum atomic E-state index is -0.612. The Morgan fingerprint density at radius 2 is 1.95 bits per heavy atom. The number of ether oxygens (including phenoxy) is 1. The number of hydrogen-bond acceptors (Lipinski definition) is 2. The van der Waals surface area contributed by atoms with Crippen LogP contribution in [0.3, 0.4) is 0 Å². The lowest BCUT2D eigenvalue weighted by molar-refractivity contribution is 0.0786. The quantitative estimate of drug-likeness (QED) is 0.757. The first-order valence-electron chi connectivity index (χ1n) is 6.32. The van der Waals surface area contributed by atoms with Gasteiger partial charge in [-0.25, -0.2) is 4.39 Å². The van der Waals surface area contributed by atoms with Gasteiger partial charge >= 0.3 is 0 Å². The van der Waals surface area contributed by atoms with E-state index in [1.165, 1.54) is 18.2 Å². The van der Waals surface area contributed by atoms with E-state index < -0.39 is 11.9 Å². The summed E-state index contributed by atoms with van der Waals surface area (Å²) in [5.41, 5.74) is 0.590. The molecule has 0 spiro atoms. The van der Waals surface area contributed by atoms with E-state index in [9.17, 15) is 9.18 Å². The molecule has 0 aliphatic carbocycles. The lowest BCUT2D eigenvalue weighted by atomic mass is 10.0. The molecule has 2 rings (SSSR count). The van der Waals surface area contributed by atoms with Gasteiger partial charge in [0.15, 0.2) is 6.10 Å². The molecule has 104 valence electrons. The van der Waals surface area contributed by atoms with Gasteiger partial charge in [0.05, 0.1) is 5.02 Å². The van der Waals surface area contributed by atoms with Crippen molar-refractivity contribution >= 4 is 17.4 Å². The van der Waals surface area contributed by atoms with Crippen LogP contribution in [-0.4, -0.2) is 11.9 Å². The van der Waals surface area contributed by atoms with Gasteiger partial charge in [0, 0.05) is 11.6 Å². The molecule has 2 aromatic rings. The number of carbonyl (C=O) groups is 1. The molecule has 2 nitrogen and oxygen atoms in total. The van der Waals surface area contributed by atoms with Gasteiger partial charge in [0.1, 0.15) is 11.6 Å². The van der Waals surface area contributed by atoms with Crippen LogP contribution >= 0.6 is 11.6 Å². The van der Waals surface area contributed by atoms with Crippen molar-refractivity contribution < 1.29 is 13.9 Å². The fraction of sp³-hybridized carbons (Fsp3) is 0.188. The number of carbonyl (C=O) groups excluding carboxylic acids is 1. The first kappa shape index (κ1) is 14.5. The predicted molar refractivity (Wildman–Crippen MR) is 76.9 cm³/mol. The molecule has 0 amide bonds. The standard InChI is InChI=1S/C16H14ClFO2/c1-2-15(16(19)11-6-4-3-5-7-11)20-12-8-9-14(18)13(17)10-12/h3-10,15H,2H2,1H3. The second kappa shape index (κ2) is 6.53. The topological polar surface area (TPSA) is 26.3 Å². The van der Waals surface area contributed by atoms with E-state index in [1.54, 1.807) is 24.3 Å². The average molecular weight is 293 g/mol. The molecular weight excluding hydrogens is 279 g/mol. The molecular formula is C16H14ClFO2. The highest BCUT2D eigenvalue weighted by atomic mass is 35.5. The maximum Gasteiger partial charge on any atom is 0.203 e. The van der Waals surface area contributed by atoms with Crippen molar-refractivity contribution in [2.45, 2.75) is 19.4 Å². The molecule has 0 fully saturated rings. The van der Waals surface area contributed by atoms with E-state index in [0.29, 0.717) is 17.7 Å². The van der Waals surface area contributed by atoms with E-state index in [0.717, 1.165) is 0 Å². The number of ketones is 1. The van der Waals surface area contributed by atoms with Crippen LogP contribution in [0.1, 0.15) is 23.7 Å². The van der Waals surface area contributed by atoms with Crippen LogP contribution in [0.15, 0.2) is 48.5 Å². The molecule has 2 aromatic carbocycles. The van der Waals surface area contributed by atoms with Gasteiger partial charge in [0.25, 0.3) is 0 Å². The summed E-state index contributed by atoms with van der Waals surface area (Å²) in [6.45, 7) is 1.86. The van der Waals surface area contributed by atoms with Crippen LogP contribution in [0.25, 0.3) is 0 Å². The Kier molecular flexibility index (Phi) is 4.74. The zero-order valence-corrected chi connectivity index (χ0v) is 11.7. The summed E-state index contributed by atoms with van der Waals surface area (Å²) in [4.78, 5) is 12.3. The van der Waals surface area contributed by atoms with Crippen LogP contribution in [0, 0.1) is 5.82 Å². The van der Waals surface area contributed by atoms with Crippen LogP contribution in [-0.2, 0) is 0 Å². The van der Waals surface area contributed by atoms with Gasteiger partial charge in [-0.15, -0.1) is 0 Å². The van der Waals surface area contributed by atoms with Crippen molar-refractivity contribution in [2.24, 2.45) is 0 Å². The highest BCUT2D eigenvalue weighted by Crippen LogP contribution is 2.23. The second-order valence-corrected chi connectivity index (χ2v) is 4.73. The lowest BCUT2D eigenvalue weighted by Crippen LogP contribution is -2.26. The molecule has 0 aliphatic heterocycles. The second-order valence-electron chi connectivity index (χ2n) is 4.32. The third kappa shape index (κ3) is 3.36. The van der Waals surface area contributed by atoms with Crippen molar-refractivity contribution in [2.75, 3.05) is 0 Å². The Labute approximate surface area is 122 Å². The summed E-state index contributed by atoms with van der Waals surface area (Å²) in [7, 11) is 0. The third-order valence-corrected chi connectivity index (χ3v) is 3.18. The van der Waals surface area contributed by atoms with E-state index in [2.05, 4.69) is 0 Å². The molecule has 0 saturated carbocycles. The molecule has 4 heteroatoms. The zero-order valence-electron chi connectivity index (χ0n) is 11.0. The molecule has 0 saturated heterocycles. The number of rotatable bonds is 5. The number of halogens is 2. The maximum absolute atomic E-state index is 13.1. The highest BCUT2D eigenvalue weighted by molar-refractivity contribution is 6.30. The average Bonchev–Trinajstić information content (AvgIpc) is 2.48. The zero-order chi connectivity index (χ0) is 14.5. The molecule has 0 N–H and O–H groups in total. The minimum Gasteiger partial charge on any atom is -0.482 e. The number of benzene rings is 2. The fourth-order valence-electron chi connectivity index (χ4n) is 1.82. The van der Waals surface area contributed by atoms with Gasteiger partial charge in [0.2, 0.25) is 5.78 Å². The van der Waals surface area contributed by atoms with Gasteiger partial charge in [-0.05, 0) is 18.6 Å². The largest absolute Gasteiger partial charge is 0.482 e. The summed E-state index contributed by atoms with van der Waals surface area (Å²) in [5, 5.41) is -0.0236. The SMILES string of the molecule is CCC(Oc1ccc(F)c(Cl)c1)C(=O)c1ccccc1. The molecule has 0 aromatic heterocycles. The predicted octanol–water partition coefficient (Wildman–Crippen LogP) is 4.52. The summed E-state index contributed by atoms with van der Waals surface area (Å²) in [6, 6.07) is 13.0. The normalized spacial score (nSPS) is 11.9. The molecule has 1 atom stereocenters. The van der Waals surface area contributed by atoms with Crippen LogP contribution < -0.4 is 4.74 Å². The van der Waals surface area contributed by atoms with Crippen LogP contribution in [0.2, 0.25) is 5.02 Å². The Bertz CT molecular complexity index is 599. The van der Waals surface area contributed by atoms with Gasteiger partial charge < -0.3 is 4.74 Å². The van der Waals surface area contributed by atoms with Gasteiger partial charge in [-0.2, -0.15) is 0 Å². The van der Waals surface area contributed by atoms with Gasteiger partial charge in [-0.3, -0.25) is 4.79 Å². The Balaban J connectivity index is 2.16. The molecule has 0 bridgehead atoms. The first-order chi connectivity index (χ1) is 9.61. The minimum absolute atomic E-state index is 0.0236. The Morgan fingerprint density at radius 3 is 2.55 bits per heavy atom. The molecule has 0 heterocycles. The number of Topliss-reactive ketones (excluding diaryl/α,β-unsaturated/α-hetero) is 1. The van der Waals surface area contributed by atoms with E-state index in [1.807, 2.05) is 13.0 Å². The molecule has 20 heavy (non-hydrogen) atoms. The van der Waals surface area contributed by atoms with Crippen molar-refractivity contribution in [1.82, 2.24) is 0 Å².